The highest BCUT2D eigenvalue weighted by Crippen LogP contribution is 2.30. The lowest BCUT2D eigenvalue weighted by Gasteiger charge is -2.29. The monoisotopic (exact) mass is 514 g/mol. The van der Waals surface area contributed by atoms with E-state index in [2.05, 4.69) is 96.8 Å². The lowest BCUT2D eigenvalue weighted by atomic mass is 9.93. The molecule has 0 aromatic heterocycles. The second kappa shape index (κ2) is 14.0. The van der Waals surface area contributed by atoms with E-state index in [1.165, 1.54) is 39.7 Å². The van der Waals surface area contributed by atoms with E-state index in [1.54, 1.807) is 7.11 Å². The molecule has 0 amide bonds. The number of nitrogens with zero attached hydrogens (tertiary/aromatic N) is 1. The summed E-state index contributed by atoms with van der Waals surface area (Å²) in [5.41, 5.74) is 9.35. The van der Waals surface area contributed by atoms with Gasteiger partial charge in [-0.15, -0.1) is 0 Å². The van der Waals surface area contributed by atoms with Gasteiger partial charge in [-0.1, -0.05) is 110 Å². The largest absolute Gasteiger partial charge is 0.496 e. The van der Waals surface area contributed by atoms with Crippen LogP contribution in [0.3, 0.4) is 0 Å². The predicted octanol–water partition coefficient (Wildman–Crippen LogP) is 8.72. The first-order chi connectivity index (χ1) is 19.2. The lowest BCUT2D eigenvalue weighted by Crippen LogP contribution is -2.24. The van der Waals surface area contributed by atoms with E-state index in [-0.39, 0.29) is 0 Å². The van der Waals surface area contributed by atoms with Gasteiger partial charge in [0.2, 0.25) is 0 Å². The van der Waals surface area contributed by atoms with Gasteiger partial charge in [-0.3, -0.25) is 0 Å². The summed E-state index contributed by atoms with van der Waals surface area (Å²) in [4.78, 5) is 2.43. The summed E-state index contributed by atoms with van der Waals surface area (Å²) in [7, 11) is 1.74. The molecule has 0 saturated heterocycles. The number of allylic oxidation sites excluding steroid dienone is 7. The van der Waals surface area contributed by atoms with E-state index < -0.39 is 0 Å². The maximum Gasteiger partial charge on any atom is 0.122 e. The van der Waals surface area contributed by atoms with E-state index in [0.29, 0.717) is 0 Å². The molecular formula is C36H38N2O. The minimum atomic E-state index is 0.736. The van der Waals surface area contributed by atoms with Crippen molar-refractivity contribution in [3.8, 4) is 0 Å². The fraction of sp³-hybridized carbons (Fsp3) is 0.194. The van der Waals surface area contributed by atoms with Gasteiger partial charge in [0.15, 0.2) is 0 Å². The number of ether oxygens (including phenoxy) is 1. The third kappa shape index (κ3) is 6.94. The summed E-state index contributed by atoms with van der Waals surface area (Å²) < 4.78 is 5.75. The van der Waals surface area contributed by atoms with Crippen LogP contribution in [0.1, 0.15) is 48.1 Å². The SMILES string of the molecule is C/C=C\C(OC)=C(/CC)c1ccc(CN2CC=CC=C2c2ccccc2)c(C/C=C(\C=N)c2ccccc2)c1. The second-order valence-corrected chi connectivity index (χ2v) is 9.48. The number of hydrogen-bond donors (Lipinski definition) is 1. The van der Waals surface area contributed by atoms with Gasteiger partial charge in [0, 0.05) is 30.6 Å². The molecule has 1 heterocycles. The van der Waals surface area contributed by atoms with Crippen LogP contribution in [0.15, 0.2) is 121 Å². The van der Waals surface area contributed by atoms with Crippen LogP contribution in [0.5, 0.6) is 0 Å². The Morgan fingerprint density at radius 2 is 1.69 bits per heavy atom. The molecule has 1 aliphatic heterocycles. The highest BCUT2D eigenvalue weighted by molar-refractivity contribution is 6.08. The van der Waals surface area contributed by atoms with Crippen LogP contribution in [0, 0.1) is 5.41 Å². The zero-order valence-electron chi connectivity index (χ0n) is 23.2. The van der Waals surface area contributed by atoms with Crippen molar-refractivity contribution < 1.29 is 4.74 Å². The summed E-state index contributed by atoms with van der Waals surface area (Å²) in [6.45, 7) is 5.85. The Labute approximate surface area is 233 Å². The number of nitrogens with one attached hydrogen (secondary N) is 1. The summed E-state index contributed by atoms with van der Waals surface area (Å²) in [5.74, 6) is 0.897. The molecule has 0 fully saturated rings. The van der Waals surface area contributed by atoms with Crippen molar-refractivity contribution in [2.45, 2.75) is 33.2 Å². The summed E-state index contributed by atoms with van der Waals surface area (Å²) in [6.07, 6.45) is 15.8. The van der Waals surface area contributed by atoms with E-state index >= 15 is 0 Å². The van der Waals surface area contributed by atoms with E-state index in [1.807, 2.05) is 37.3 Å². The molecule has 1 aliphatic rings. The Bertz CT molecular complexity index is 1410. The maximum atomic E-state index is 8.06. The van der Waals surface area contributed by atoms with Crippen molar-refractivity contribution in [2.75, 3.05) is 13.7 Å². The van der Waals surface area contributed by atoms with E-state index in [4.69, 9.17) is 10.1 Å². The van der Waals surface area contributed by atoms with Crippen molar-refractivity contribution in [2.24, 2.45) is 0 Å². The average Bonchev–Trinajstić information content (AvgIpc) is 2.99. The van der Waals surface area contributed by atoms with Crippen LogP contribution in [0.25, 0.3) is 16.8 Å². The van der Waals surface area contributed by atoms with Gasteiger partial charge in [0.1, 0.15) is 5.76 Å². The highest BCUT2D eigenvalue weighted by Gasteiger charge is 2.16. The maximum absolute atomic E-state index is 8.06. The topological polar surface area (TPSA) is 36.3 Å². The van der Waals surface area contributed by atoms with Crippen molar-refractivity contribution in [3.63, 3.8) is 0 Å². The second-order valence-electron chi connectivity index (χ2n) is 9.48. The fourth-order valence-corrected chi connectivity index (χ4v) is 5.03. The zero-order valence-corrected chi connectivity index (χ0v) is 23.2. The number of hydrogen-bond acceptors (Lipinski definition) is 3. The van der Waals surface area contributed by atoms with E-state index in [0.717, 1.165) is 42.8 Å². The first-order valence-corrected chi connectivity index (χ1v) is 13.6. The average molecular weight is 515 g/mol. The van der Waals surface area contributed by atoms with E-state index in [9.17, 15) is 0 Å². The molecule has 4 rings (SSSR count). The Balaban J connectivity index is 1.75. The normalized spacial score (nSPS) is 14.3. The fourth-order valence-electron chi connectivity index (χ4n) is 5.03. The highest BCUT2D eigenvalue weighted by atomic mass is 16.5. The first-order valence-electron chi connectivity index (χ1n) is 13.6. The Morgan fingerprint density at radius 1 is 0.949 bits per heavy atom. The third-order valence-corrected chi connectivity index (χ3v) is 7.04. The molecule has 39 heavy (non-hydrogen) atoms. The quantitative estimate of drug-likeness (QED) is 0.158. The molecule has 198 valence electrons. The van der Waals surface area contributed by atoms with Gasteiger partial charge in [-0.25, -0.2) is 0 Å². The van der Waals surface area contributed by atoms with Crippen molar-refractivity contribution in [3.05, 3.63) is 149 Å². The van der Waals surface area contributed by atoms with Crippen LogP contribution < -0.4 is 0 Å². The predicted molar refractivity (Wildman–Crippen MR) is 166 cm³/mol. The first kappa shape index (κ1) is 27.7. The molecule has 0 unspecified atom stereocenters. The molecule has 3 nitrogen and oxygen atoms in total. The summed E-state index contributed by atoms with van der Waals surface area (Å²) >= 11 is 0. The molecule has 0 bridgehead atoms. The molecule has 0 radical (unpaired) electrons. The Hall–Kier alpha value is -4.37. The number of benzene rings is 3. The summed E-state index contributed by atoms with van der Waals surface area (Å²) in [5, 5.41) is 8.06. The third-order valence-electron chi connectivity index (χ3n) is 7.04. The molecule has 3 heteroatoms. The Kier molecular flexibility index (Phi) is 9.91. The molecule has 0 atom stereocenters. The van der Waals surface area contributed by atoms with Crippen molar-refractivity contribution >= 4 is 23.1 Å². The number of methoxy groups -OCH3 is 1. The Morgan fingerprint density at radius 3 is 2.36 bits per heavy atom. The molecule has 0 saturated carbocycles. The number of rotatable bonds is 11. The minimum Gasteiger partial charge on any atom is -0.496 e. The van der Waals surface area contributed by atoms with Gasteiger partial charge < -0.3 is 15.0 Å². The van der Waals surface area contributed by atoms with Gasteiger partial charge in [0.25, 0.3) is 0 Å². The zero-order chi connectivity index (χ0) is 27.5. The van der Waals surface area contributed by atoms with Crippen LogP contribution >= 0.6 is 0 Å². The van der Waals surface area contributed by atoms with Crippen molar-refractivity contribution in [1.82, 2.24) is 4.90 Å². The lowest BCUT2D eigenvalue weighted by molar-refractivity contribution is 0.308. The van der Waals surface area contributed by atoms with Gasteiger partial charge in [-0.05, 0) is 65.3 Å². The smallest absolute Gasteiger partial charge is 0.122 e. The van der Waals surface area contributed by atoms with Crippen LogP contribution in [0.4, 0.5) is 0 Å². The van der Waals surface area contributed by atoms with Gasteiger partial charge in [-0.2, -0.15) is 0 Å². The molecule has 3 aromatic carbocycles. The molecule has 3 aromatic rings. The van der Waals surface area contributed by atoms with Gasteiger partial charge >= 0.3 is 0 Å². The van der Waals surface area contributed by atoms with Crippen molar-refractivity contribution in [1.29, 1.82) is 5.41 Å². The molecule has 0 spiro atoms. The van der Waals surface area contributed by atoms with Crippen LogP contribution in [-0.4, -0.2) is 24.8 Å². The standard InChI is InChI=1S/C36H38N2O/c1-4-14-36(39-3)34(5-2)31-21-23-33(27-38-24-13-12-19-35(38)29-17-10-7-11-18-29)30(25-31)20-22-32(26-37)28-15-8-6-9-16-28/h4,6-19,21-23,25-26,37H,5,20,24,27H2,1-3H3/b14-4-,32-22+,36-34-,37-26?. The minimum absolute atomic E-state index is 0.736. The van der Waals surface area contributed by atoms with Crippen LogP contribution in [0.2, 0.25) is 0 Å². The summed E-state index contributed by atoms with van der Waals surface area (Å²) in [6, 6.07) is 27.6. The van der Waals surface area contributed by atoms with Crippen LogP contribution in [-0.2, 0) is 17.7 Å². The molecule has 1 N–H and O–H groups in total. The van der Waals surface area contributed by atoms with Gasteiger partial charge in [0.05, 0.1) is 7.11 Å². The molecular weight excluding hydrogens is 476 g/mol. The molecule has 0 aliphatic carbocycles.